The highest BCUT2D eigenvalue weighted by Gasteiger charge is 2.26. The van der Waals surface area contributed by atoms with Crippen molar-refractivity contribution in [2.45, 2.75) is 6.92 Å². The van der Waals surface area contributed by atoms with Crippen LogP contribution in [0.25, 0.3) is 11.6 Å². The van der Waals surface area contributed by atoms with E-state index in [9.17, 15) is 4.79 Å². The molecule has 0 saturated heterocycles. The van der Waals surface area contributed by atoms with Gasteiger partial charge in [0, 0.05) is 17.3 Å². The smallest absolute Gasteiger partial charge is 0.256 e. The molecule has 1 aromatic carbocycles. The van der Waals surface area contributed by atoms with Crippen LogP contribution in [0.1, 0.15) is 23.7 Å². The lowest BCUT2D eigenvalue weighted by Gasteiger charge is -2.03. The highest BCUT2D eigenvalue weighted by atomic mass is 16.5. The van der Waals surface area contributed by atoms with Crippen molar-refractivity contribution in [3.05, 3.63) is 83.7 Å². The molecule has 134 valence electrons. The number of nitrogens with one attached hydrogen (secondary N) is 2. The molecule has 0 atom stereocenters. The van der Waals surface area contributed by atoms with Crippen LogP contribution >= 0.6 is 0 Å². The summed E-state index contributed by atoms with van der Waals surface area (Å²) in [5, 5.41) is 2.90. The van der Waals surface area contributed by atoms with Crippen LogP contribution < -0.4 is 10.1 Å². The fraction of sp³-hybridized carbons (Fsp3) is 0.0870. The van der Waals surface area contributed by atoms with Crippen molar-refractivity contribution in [2.24, 2.45) is 0 Å². The highest BCUT2D eigenvalue weighted by molar-refractivity contribution is 6.35. The third-order valence-electron chi connectivity index (χ3n) is 4.06. The van der Waals surface area contributed by atoms with Gasteiger partial charge in [-0.15, -0.1) is 0 Å². The summed E-state index contributed by atoms with van der Waals surface area (Å²) in [5.41, 5.74) is 4.58. The molecule has 1 amide bonds. The van der Waals surface area contributed by atoms with E-state index in [1.807, 2.05) is 49.4 Å². The van der Waals surface area contributed by atoms with Crippen molar-refractivity contribution >= 4 is 23.2 Å². The summed E-state index contributed by atoms with van der Waals surface area (Å²) in [4.78, 5) is 15.6. The normalized spacial score (nSPS) is 14.7. The zero-order valence-corrected chi connectivity index (χ0v) is 15.3. The molecule has 2 heterocycles. The van der Waals surface area contributed by atoms with Crippen LogP contribution in [0.2, 0.25) is 0 Å². The number of benzene rings is 1. The fourth-order valence-corrected chi connectivity index (χ4v) is 2.78. The van der Waals surface area contributed by atoms with Gasteiger partial charge in [0.1, 0.15) is 5.75 Å². The van der Waals surface area contributed by atoms with E-state index in [-0.39, 0.29) is 5.91 Å². The molecular weight excluding hydrogens is 336 g/mol. The summed E-state index contributed by atoms with van der Waals surface area (Å²) in [5.74, 6) is 6.83. The SMILES string of the molecule is C=C/C=C\C=C(/C)C#Cc1cccc2c1/C(=C/c1[nH]ccc1OC)C(=O)N2. The molecule has 0 radical (unpaired) electrons. The molecule has 2 aromatic rings. The zero-order valence-electron chi connectivity index (χ0n) is 15.3. The number of H-pyrrole nitrogens is 1. The van der Waals surface area contributed by atoms with E-state index in [2.05, 4.69) is 28.7 Å². The maximum atomic E-state index is 12.5. The van der Waals surface area contributed by atoms with E-state index < -0.39 is 0 Å². The second-order valence-corrected chi connectivity index (χ2v) is 5.92. The van der Waals surface area contributed by atoms with Gasteiger partial charge in [-0.1, -0.05) is 48.8 Å². The van der Waals surface area contributed by atoms with E-state index in [0.717, 1.165) is 28.1 Å². The molecule has 4 nitrogen and oxygen atoms in total. The van der Waals surface area contributed by atoms with Crippen LogP contribution in [0, 0.1) is 11.8 Å². The second-order valence-electron chi connectivity index (χ2n) is 5.92. The predicted molar refractivity (Wildman–Crippen MR) is 110 cm³/mol. The van der Waals surface area contributed by atoms with E-state index in [1.54, 1.807) is 25.5 Å². The number of carbonyl (C=O) groups is 1. The number of hydrogen-bond donors (Lipinski definition) is 2. The largest absolute Gasteiger partial charge is 0.495 e. The Bertz CT molecular complexity index is 1040. The first kappa shape index (κ1) is 18.1. The summed E-state index contributed by atoms with van der Waals surface area (Å²) < 4.78 is 5.32. The number of anilines is 1. The topological polar surface area (TPSA) is 54.1 Å². The maximum Gasteiger partial charge on any atom is 0.256 e. The van der Waals surface area contributed by atoms with E-state index in [0.29, 0.717) is 11.3 Å². The molecule has 0 aliphatic carbocycles. The van der Waals surface area contributed by atoms with Crippen molar-refractivity contribution in [1.29, 1.82) is 0 Å². The molecule has 0 spiro atoms. The average Bonchev–Trinajstić information content (AvgIpc) is 3.24. The van der Waals surface area contributed by atoms with Crippen molar-refractivity contribution in [3.8, 4) is 17.6 Å². The van der Waals surface area contributed by atoms with Gasteiger partial charge in [-0.05, 0) is 36.8 Å². The number of ether oxygens (including phenoxy) is 1. The number of hydrogen-bond acceptors (Lipinski definition) is 2. The van der Waals surface area contributed by atoms with Crippen LogP contribution in [0.15, 0.2) is 66.9 Å². The number of fused-ring (bicyclic) bond motifs is 1. The van der Waals surface area contributed by atoms with Crippen molar-refractivity contribution in [3.63, 3.8) is 0 Å². The number of rotatable bonds is 4. The first-order chi connectivity index (χ1) is 13.1. The summed E-state index contributed by atoms with van der Waals surface area (Å²) in [6, 6.07) is 7.49. The maximum absolute atomic E-state index is 12.5. The molecule has 0 unspecified atom stereocenters. The predicted octanol–water partition coefficient (Wildman–Crippen LogP) is 4.56. The summed E-state index contributed by atoms with van der Waals surface area (Å²) in [6.07, 6.45) is 10.9. The van der Waals surface area contributed by atoms with Crippen LogP contribution in [0.3, 0.4) is 0 Å². The first-order valence-electron chi connectivity index (χ1n) is 8.50. The lowest BCUT2D eigenvalue weighted by molar-refractivity contribution is -0.110. The molecule has 1 aliphatic heterocycles. The molecule has 2 N–H and O–H groups in total. The Morgan fingerprint density at radius 3 is 2.89 bits per heavy atom. The molecule has 1 aliphatic rings. The van der Waals surface area contributed by atoms with Crippen molar-refractivity contribution < 1.29 is 9.53 Å². The van der Waals surface area contributed by atoms with Gasteiger partial charge in [0.25, 0.3) is 5.91 Å². The summed E-state index contributed by atoms with van der Waals surface area (Å²) in [7, 11) is 1.60. The van der Waals surface area contributed by atoms with Crippen molar-refractivity contribution in [1.82, 2.24) is 4.98 Å². The first-order valence-corrected chi connectivity index (χ1v) is 8.50. The third kappa shape index (κ3) is 3.94. The fourth-order valence-electron chi connectivity index (χ4n) is 2.78. The van der Waals surface area contributed by atoms with Gasteiger partial charge >= 0.3 is 0 Å². The van der Waals surface area contributed by atoms with E-state index in [4.69, 9.17) is 4.74 Å². The van der Waals surface area contributed by atoms with Crippen LogP contribution in [0.4, 0.5) is 5.69 Å². The van der Waals surface area contributed by atoms with Crippen LogP contribution in [-0.4, -0.2) is 18.0 Å². The third-order valence-corrected chi connectivity index (χ3v) is 4.06. The van der Waals surface area contributed by atoms with Crippen LogP contribution in [0.5, 0.6) is 5.75 Å². The van der Waals surface area contributed by atoms with E-state index in [1.165, 1.54) is 0 Å². The van der Waals surface area contributed by atoms with Gasteiger partial charge in [-0.25, -0.2) is 0 Å². The number of allylic oxidation sites excluding steroid dienone is 5. The minimum atomic E-state index is -0.155. The molecule has 3 rings (SSSR count). The molecule has 4 heteroatoms. The summed E-state index contributed by atoms with van der Waals surface area (Å²) >= 11 is 0. The Morgan fingerprint density at radius 1 is 1.26 bits per heavy atom. The van der Waals surface area contributed by atoms with Gasteiger partial charge in [0.05, 0.1) is 24.1 Å². The molecule has 0 saturated carbocycles. The number of carbonyl (C=O) groups excluding carboxylic acids is 1. The zero-order chi connectivity index (χ0) is 19.2. The monoisotopic (exact) mass is 356 g/mol. The Kier molecular flexibility index (Phi) is 5.44. The Morgan fingerprint density at radius 2 is 2.11 bits per heavy atom. The number of methoxy groups -OCH3 is 1. The van der Waals surface area contributed by atoms with Gasteiger partial charge in [-0.2, -0.15) is 0 Å². The van der Waals surface area contributed by atoms with Gasteiger partial charge in [0.15, 0.2) is 0 Å². The average molecular weight is 356 g/mol. The Hall–Kier alpha value is -3.71. The van der Waals surface area contributed by atoms with Gasteiger partial charge in [-0.3, -0.25) is 4.79 Å². The van der Waals surface area contributed by atoms with Gasteiger partial charge < -0.3 is 15.0 Å². The number of aromatic amines is 1. The van der Waals surface area contributed by atoms with E-state index >= 15 is 0 Å². The minimum Gasteiger partial charge on any atom is -0.495 e. The highest BCUT2D eigenvalue weighted by Crippen LogP contribution is 2.36. The Balaban J connectivity index is 2.04. The number of aromatic nitrogens is 1. The lowest BCUT2D eigenvalue weighted by Crippen LogP contribution is -2.03. The van der Waals surface area contributed by atoms with Crippen LogP contribution in [-0.2, 0) is 4.79 Å². The van der Waals surface area contributed by atoms with Crippen molar-refractivity contribution in [2.75, 3.05) is 12.4 Å². The standard InChI is InChI=1S/C23H20N2O2/c1-4-5-6-8-16(2)11-12-17-9-7-10-19-22(17)18(23(26)25-19)15-20-21(27-3)13-14-24-20/h4-10,13-15,24H,1H2,2-3H3,(H,25,26)/b6-5-,16-8+,18-15-. The summed E-state index contributed by atoms with van der Waals surface area (Å²) in [6.45, 7) is 5.58. The number of amides is 1. The molecule has 0 fully saturated rings. The molecule has 0 bridgehead atoms. The lowest BCUT2D eigenvalue weighted by atomic mass is 9.99. The second kappa shape index (κ2) is 8.11. The molecule has 27 heavy (non-hydrogen) atoms. The minimum absolute atomic E-state index is 0.155. The molecular formula is C23H20N2O2. The molecule has 1 aromatic heterocycles. The quantitative estimate of drug-likeness (QED) is 0.479. The van der Waals surface area contributed by atoms with Gasteiger partial charge in [0.2, 0.25) is 0 Å². The Labute approximate surface area is 159 Å².